The molecule has 0 bridgehead atoms. The van der Waals surface area contributed by atoms with Crippen molar-refractivity contribution in [1.82, 2.24) is 0 Å². The molecule has 0 aliphatic rings. The minimum atomic E-state index is -0.0633. The van der Waals surface area contributed by atoms with Gasteiger partial charge in [0.15, 0.2) is 0 Å². The van der Waals surface area contributed by atoms with Gasteiger partial charge in [0.1, 0.15) is 0 Å². The van der Waals surface area contributed by atoms with Crippen molar-refractivity contribution in [2.24, 2.45) is 4.99 Å². The van der Waals surface area contributed by atoms with E-state index in [4.69, 9.17) is 4.99 Å². The number of benzene rings is 2. The van der Waals surface area contributed by atoms with E-state index >= 15 is 0 Å². The zero-order chi connectivity index (χ0) is 16.9. The second kappa shape index (κ2) is 7.45. The van der Waals surface area contributed by atoms with E-state index < -0.39 is 0 Å². The van der Waals surface area contributed by atoms with Crippen molar-refractivity contribution in [2.75, 3.05) is 19.0 Å². The van der Waals surface area contributed by atoms with E-state index in [1.165, 1.54) is 22.5 Å². The van der Waals surface area contributed by atoms with Gasteiger partial charge in [0.2, 0.25) is 0 Å². The van der Waals surface area contributed by atoms with Crippen LogP contribution in [0.1, 0.15) is 38.3 Å². The van der Waals surface area contributed by atoms with Crippen LogP contribution in [-0.2, 0) is 6.42 Å². The van der Waals surface area contributed by atoms with Crippen molar-refractivity contribution in [1.29, 1.82) is 0 Å². The summed E-state index contributed by atoms with van der Waals surface area (Å²) in [6, 6.07) is 19.3. The second-order valence-electron chi connectivity index (χ2n) is 7.16. The average Bonchev–Trinajstić information content (AvgIpc) is 2.51. The molecule has 0 atom stereocenters. The first-order chi connectivity index (χ1) is 10.8. The fourth-order valence-electron chi connectivity index (χ4n) is 2.53. The molecule has 0 saturated heterocycles. The Bertz CT molecular complexity index is 632. The third kappa shape index (κ3) is 5.55. The third-order valence-electron chi connectivity index (χ3n) is 3.68. The molecule has 0 aliphatic carbocycles. The molecule has 0 N–H and O–H groups in total. The highest BCUT2D eigenvalue weighted by Gasteiger charge is 2.12. The van der Waals surface area contributed by atoms with Gasteiger partial charge < -0.3 is 4.90 Å². The number of anilines is 1. The molecule has 0 spiro atoms. The first-order valence-electron chi connectivity index (χ1n) is 8.25. The topological polar surface area (TPSA) is 15.6 Å². The number of aliphatic imine (C=N–C) groups is 1. The van der Waals surface area contributed by atoms with Crippen LogP contribution in [0.3, 0.4) is 0 Å². The Balaban J connectivity index is 2.22. The highest BCUT2D eigenvalue weighted by Crippen LogP contribution is 2.18. The van der Waals surface area contributed by atoms with Gasteiger partial charge in [-0.2, -0.15) is 0 Å². The molecule has 0 unspecified atom stereocenters. The quantitative estimate of drug-likeness (QED) is 0.712. The van der Waals surface area contributed by atoms with E-state index in [1.807, 2.05) is 0 Å². The van der Waals surface area contributed by atoms with Gasteiger partial charge >= 0.3 is 0 Å². The van der Waals surface area contributed by atoms with Gasteiger partial charge in [0.25, 0.3) is 0 Å². The minimum Gasteiger partial charge on any atom is -0.378 e. The summed E-state index contributed by atoms with van der Waals surface area (Å²) in [4.78, 5) is 7.09. The average molecular weight is 308 g/mol. The molecular formula is C21H28N2. The molecule has 0 fully saturated rings. The molecule has 0 saturated carbocycles. The van der Waals surface area contributed by atoms with Gasteiger partial charge in [-0.15, -0.1) is 0 Å². The van der Waals surface area contributed by atoms with Crippen molar-refractivity contribution in [3.8, 4) is 0 Å². The molecule has 2 nitrogen and oxygen atoms in total. The van der Waals surface area contributed by atoms with Crippen LogP contribution in [0.2, 0.25) is 0 Å². The normalized spacial score (nSPS) is 12.3. The predicted octanol–water partition coefficient (Wildman–Crippen LogP) is 4.97. The summed E-state index contributed by atoms with van der Waals surface area (Å²) in [6.45, 7) is 6.47. The molecule has 2 aromatic rings. The summed E-state index contributed by atoms with van der Waals surface area (Å²) >= 11 is 0. The molecule has 2 heteroatoms. The Kier molecular flexibility index (Phi) is 5.59. The van der Waals surface area contributed by atoms with Crippen molar-refractivity contribution in [3.63, 3.8) is 0 Å². The van der Waals surface area contributed by atoms with Crippen LogP contribution in [0.25, 0.3) is 0 Å². The first kappa shape index (κ1) is 17.3. The Labute approximate surface area is 140 Å². The molecule has 122 valence electrons. The van der Waals surface area contributed by atoms with E-state index in [1.54, 1.807) is 0 Å². The summed E-state index contributed by atoms with van der Waals surface area (Å²) in [7, 11) is 4.13. The summed E-state index contributed by atoms with van der Waals surface area (Å²) < 4.78 is 0. The van der Waals surface area contributed by atoms with Crippen LogP contribution < -0.4 is 4.90 Å². The van der Waals surface area contributed by atoms with Gasteiger partial charge in [-0.3, -0.25) is 4.99 Å². The van der Waals surface area contributed by atoms with Crippen LogP contribution in [0.5, 0.6) is 0 Å². The van der Waals surface area contributed by atoms with Crippen LogP contribution >= 0.6 is 0 Å². The van der Waals surface area contributed by atoms with Crippen molar-refractivity contribution in [3.05, 3.63) is 65.7 Å². The van der Waals surface area contributed by atoms with Crippen molar-refractivity contribution in [2.45, 2.75) is 39.2 Å². The first-order valence-corrected chi connectivity index (χ1v) is 8.25. The zero-order valence-electron chi connectivity index (χ0n) is 15.0. The predicted molar refractivity (Wildman–Crippen MR) is 102 cm³/mol. The maximum Gasteiger partial charge on any atom is 0.0527 e. The van der Waals surface area contributed by atoms with Crippen LogP contribution in [0, 0.1) is 0 Å². The molecular weight excluding hydrogens is 280 g/mol. The van der Waals surface area contributed by atoms with Gasteiger partial charge in [0, 0.05) is 25.5 Å². The maximum atomic E-state index is 4.97. The van der Waals surface area contributed by atoms with Gasteiger partial charge in [-0.25, -0.2) is 0 Å². The lowest BCUT2D eigenvalue weighted by Gasteiger charge is -2.18. The Morgan fingerprint density at radius 1 is 0.913 bits per heavy atom. The van der Waals surface area contributed by atoms with E-state index in [0.29, 0.717) is 0 Å². The number of aryl methyl sites for hydroxylation is 1. The zero-order valence-corrected chi connectivity index (χ0v) is 15.0. The largest absolute Gasteiger partial charge is 0.378 e. The molecule has 2 rings (SSSR count). The lowest BCUT2D eigenvalue weighted by atomic mass is 10.00. The monoisotopic (exact) mass is 308 g/mol. The molecule has 2 aromatic carbocycles. The molecule has 0 heterocycles. The second-order valence-corrected chi connectivity index (χ2v) is 7.16. The lowest BCUT2D eigenvalue weighted by Crippen LogP contribution is -2.16. The summed E-state index contributed by atoms with van der Waals surface area (Å²) in [6.07, 6.45) is 1.98. The number of hydrogen-bond donors (Lipinski definition) is 0. The van der Waals surface area contributed by atoms with Gasteiger partial charge in [-0.1, -0.05) is 42.5 Å². The number of hydrogen-bond acceptors (Lipinski definition) is 2. The Hall–Kier alpha value is -2.09. The Morgan fingerprint density at radius 3 is 2.04 bits per heavy atom. The van der Waals surface area contributed by atoms with E-state index in [9.17, 15) is 0 Å². The summed E-state index contributed by atoms with van der Waals surface area (Å²) in [5, 5.41) is 0. The maximum absolute atomic E-state index is 4.97. The summed E-state index contributed by atoms with van der Waals surface area (Å²) in [5.74, 6) is 0. The molecule has 0 aliphatic heterocycles. The molecule has 0 aromatic heterocycles. The van der Waals surface area contributed by atoms with Crippen LogP contribution in [-0.4, -0.2) is 25.3 Å². The highest BCUT2D eigenvalue weighted by atomic mass is 15.1. The van der Waals surface area contributed by atoms with E-state index in [2.05, 4.69) is 94.4 Å². The smallest absolute Gasteiger partial charge is 0.0527 e. The van der Waals surface area contributed by atoms with Gasteiger partial charge in [0.05, 0.1) is 5.54 Å². The molecule has 23 heavy (non-hydrogen) atoms. The lowest BCUT2D eigenvalue weighted by molar-refractivity contribution is 0.582. The summed E-state index contributed by atoms with van der Waals surface area (Å²) in [5.41, 5.74) is 4.92. The van der Waals surface area contributed by atoms with Gasteiger partial charge in [-0.05, 0) is 56.9 Å². The Morgan fingerprint density at radius 2 is 1.52 bits per heavy atom. The molecule has 0 radical (unpaired) electrons. The third-order valence-corrected chi connectivity index (χ3v) is 3.68. The number of rotatable bonds is 5. The SMILES string of the molecule is CN(C)c1ccc(/C(CCc2ccccc2)=N/C(C)(C)C)cc1. The molecule has 0 amide bonds. The standard InChI is InChI=1S/C21H28N2/c1-21(2,3)22-20(16-11-17-9-7-6-8-10-17)18-12-14-19(15-13-18)23(4)5/h6-10,12-15H,11,16H2,1-5H3/b22-20+. The fourth-order valence-corrected chi connectivity index (χ4v) is 2.53. The van der Waals surface area contributed by atoms with Crippen LogP contribution in [0.15, 0.2) is 59.6 Å². The van der Waals surface area contributed by atoms with E-state index in [-0.39, 0.29) is 5.54 Å². The van der Waals surface area contributed by atoms with Crippen molar-refractivity contribution >= 4 is 11.4 Å². The van der Waals surface area contributed by atoms with Crippen LogP contribution in [0.4, 0.5) is 5.69 Å². The highest BCUT2D eigenvalue weighted by molar-refractivity contribution is 6.01. The fraction of sp³-hybridized carbons (Fsp3) is 0.381. The minimum absolute atomic E-state index is 0.0633. The van der Waals surface area contributed by atoms with Crippen molar-refractivity contribution < 1.29 is 0 Å². The van der Waals surface area contributed by atoms with E-state index in [0.717, 1.165) is 12.8 Å². The number of nitrogens with zero attached hydrogens (tertiary/aromatic N) is 2.